The monoisotopic (exact) mass is 563 g/mol. The van der Waals surface area contributed by atoms with Gasteiger partial charge in [-0.2, -0.15) is 11.8 Å². The summed E-state index contributed by atoms with van der Waals surface area (Å²) in [6.07, 6.45) is 3.00. The maximum absolute atomic E-state index is 13.5. The number of H-pyrrole nitrogens is 1. The minimum Gasteiger partial charge on any atom is -0.481 e. The quantitative estimate of drug-likeness (QED) is 0.154. The number of benzene rings is 1. The summed E-state index contributed by atoms with van der Waals surface area (Å²) in [4.78, 5) is 65.2. The number of carbonyl (C=O) groups is 5. The molecular weight excluding hydrogens is 526 g/mol. The number of para-hydroxylation sites is 1. The standard InChI is InChI=1S/C26H37N5O7S/c1-14(2)22(27)25(36)31-20(12-15-13-28-17-7-5-4-6-16(15)17)24(35)29-18(8-9-21(32)33)23(34)30-19(26(37)38)10-11-39-3/h4-7,13-14,18-20,22,28H,8-12,27H2,1-3H3,(H,29,35)(H,30,34)(H,31,36)(H,32,33)(H,37,38). The summed E-state index contributed by atoms with van der Waals surface area (Å²) in [5.74, 6) is -4.28. The Balaban J connectivity index is 2.30. The lowest BCUT2D eigenvalue weighted by atomic mass is 10.0. The molecule has 2 aromatic rings. The van der Waals surface area contributed by atoms with Crippen molar-refractivity contribution in [1.82, 2.24) is 20.9 Å². The largest absolute Gasteiger partial charge is 0.481 e. The summed E-state index contributed by atoms with van der Waals surface area (Å²) in [5.41, 5.74) is 7.56. The Morgan fingerprint density at radius 3 is 2.15 bits per heavy atom. The molecule has 0 bridgehead atoms. The van der Waals surface area contributed by atoms with Crippen LogP contribution in [0.3, 0.4) is 0 Å². The minimum absolute atomic E-state index is 0.0607. The van der Waals surface area contributed by atoms with Gasteiger partial charge in [0.25, 0.3) is 0 Å². The van der Waals surface area contributed by atoms with E-state index >= 15 is 0 Å². The summed E-state index contributed by atoms with van der Waals surface area (Å²) in [5, 5.41) is 27.1. The highest BCUT2D eigenvalue weighted by molar-refractivity contribution is 7.98. The van der Waals surface area contributed by atoms with Crippen molar-refractivity contribution in [2.45, 2.75) is 63.7 Å². The average Bonchev–Trinajstić information content (AvgIpc) is 3.30. The highest BCUT2D eigenvalue weighted by Crippen LogP contribution is 2.19. The maximum atomic E-state index is 13.5. The van der Waals surface area contributed by atoms with Gasteiger partial charge >= 0.3 is 11.9 Å². The smallest absolute Gasteiger partial charge is 0.326 e. The molecule has 1 aromatic heterocycles. The Hall–Kier alpha value is -3.58. The number of hydrogen-bond donors (Lipinski definition) is 7. The van der Waals surface area contributed by atoms with E-state index < -0.39 is 60.2 Å². The number of carboxylic acids is 2. The summed E-state index contributed by atoms with van der Waals surface area (Å²) < 4.78 is 0. The van der Waals surface area contributed by atoms with E-state index in [1.807, 2.05) is 24.3 Å². The third-order valence-corrected chi connectivity index (χ3v) is 6.90. The van der Waals surface area contributed by atoms with Crippen molar-refractivity contribution < 1.29 is 34.2 Å². The van der Waals surface area contributed by atoms with Gasteiger partial charge < -0.3 is 36.9 Å². The highest BCUT2D eigenvalue weighted by Gasteiger charge is 2.31. The first-order valence-corrected chi connectivity index (χ1v) is 14.0. The van der Waals surface area contributed by atoms with Gasteiger partial charge in [-0.3, -0.25) is 19.2 Å². The Morgan fingerprint density at radius 1 is 0.923 bits per heavy atom. The van der Waals surface area contributed by atoms with E-state index in [4.69, 9.17) is 10.8 Å². The van der Waals surface area contributed by atoms with Crippen molar-refractivity contribution >= 4 is 52.3 Å². The van der Waals surface area contributed by atoms with Crippen LogP contribution in [0.4, 0.5) is 0 Å². The molecule has 0 saturated carbocycles. The molecule has 12 nitrogen and oxygen atoms in total. The number of amides is 3. The fourth-order valence-electron chi connectivity index (χ4n) is 3.87. The van der Waals surface area contributed by atoms with Crippen LogP contribution in [-0.2, 0) is 30.4 Å². The van der Waals surface area contributed by atoms with E-state index in [9.17, 15) is 29.1 Å². The van der Waals surface area contributed by atoms with Crippen LogP contribution in [0.15, 0.2) is 30.5 Å². The number of carboxylic acid groups (broad SMARTS) is 2. The zero-order chi connectivity index (χ0) is 29.1. The van der Waals surface area contributed by atoms with Gasteiger partial charge in [-0.1, -0.05) is 32.0 Å². The molecule has 0 radical (unpaired) electrons. The zero-order valence-electron chi connectivity index (χ0n) is 22.2. The van der Waals surface area contributed by atoms with Gasteiger partial charge in [-0.05, 0) is 42.4 Å². The molecule has 0 spiro atoms. The Bertz CT molecular complexity index is 1170. The van der Waals surface area contributed by atoms with Crippen molar-refractivity contribution in [3.05, 3.63) is 36.0 Å². The Labute approximate surface area is 230 Å². The molecule has 0 aliphatic carbocycles. The fraction of sp³-hybridized carbons (Fsp3) is 0.500. The Morgan fingerprint density at radius 2 is 1.54 bits per heavy atom. The molecule has 0 aliphatic rings. The summed E-state index contributed by atoms with van der Waals surface area (Å²) >= 11 is 1.41. The number of aromatic nitrogens is 1. The summed E-state index contributed by atoms with van der Waals surface area (Å²) in [6.45, 7) is 3.53. The molecule has 214 valence electrons. The van der Waals surface area contributed by atoms with Crippen molar-refractivity contribution in [1.29, 1.82) is 0 Å². The van der Waals surface area contributed by atoms with Gasteiger partial charge in [0.1, 0.15) is 18.1 Å². The normalized spacial score (nSPS) is 14.3. The third-order valence-electron chi connectivity index (χ3n) is 6.26. The molecule has 1 heterocycles. The first kappa shape index (κ1) is 31.6. The van der Waals surface area contributed by atoms with Crippen LogP contribution in [0, 0.1) is 5.92 Å². The predicted molar refractivity (Wildman–Crippen MR) is 148 cm³/mol. The van der Waals surface area contributed by atoms with Gasteiger partial charge in [0.05, 0.1) is 6.04 Å². The molecule has 2 rings (SSSR count). The minimum atomic E-state index is -1.34. The molecule has 1 aromatic carbocycles. The van der Waals surface area contributed by atoms with Crippen LogP contribution in [0.1, 0.15) is 38.7 Å². The lowest BCUT2D eigenvalue weighted by molar-refractivity contribution is -0.143. The van der Waals surface area contributed by atoms with E-state index in [0.29, 0.717) is 5.75 Å². The molecular formula is C26H37N5O7S. The van der Waals surface area contributed by atoms with Crippen LogP contribution in [-0.4, -0.2) is 81.0 Å². The van der Waals surface area contributed by atoms with Gasteiger partial charge in [-0.25, -0.2) is 4.79 Å². The second kappa shape index (κ2) is 15.1. The number of rotatable bonds is 16. The number of aliphatic carboxylic acids is 2. The van der Waals surface area contributed by atoms with Crippen molar-refractivity contribution in [3.8, 4) is 0 Å². The van der Waals surface area contributed by atoms with E-state index in [1.54, 1.807) is 26.3 Å². The number of aromatic amines is 1. The fourth-order valence-corrected chi connectivity index (χ4v) is 4.35. The first-order valence-electron chi connectivity index (χ1n) is 12.6. The van der Waals surface area contributed by atoms with Gasteiger partial charge in [0.2, 0.25) is 17.7 Å². The number of nitrogens with two attached hydrogens (primary N) is 1. The van der Waals surface area contributed by atoms with Crippen molar-refractivity contribution in [2.24, 2.45) is 11.7 Å². The van der Waals surface area contributed by atoms with Gasteiger partial charge in [-0.15, -0.1) is 0 Å². The predicted octanol–water partition coefficient (Wildman–Crippen LogP) is 0.851. The average molecular weight is 564 g/mol. The highest BCUT2D eigenvalue weighted by atomic mass is 32.2. The van der Waals surface area contributed by atoms with Crippen LogP contribution < -0.4 is 21.7 Å². The summed E-state index contributed by atoms with van der Waals surface area (Å²) in [7, 11) is 0. The molecule has 13 heteroatoms. The number of thioether (sulfide) groups is 1. The molecule has 4 atom stereocenters. The molecule has 0 aliphatic heterocycles. The van der Waals surface area contributed by atoms with Gasteiger partial charge in [0, 0.05) is 29.9 Å². The van der Waals surface area contributed by atoms with E-state index in [0.717, 1.165) is 16.5 Å². The van der Waals surface area contributed by atoms with Crippen molar-refractivity contribution in [2.75, 3.05) is 12.0 Å². The lowest BCUT2D eigenvalue weighted by Crippen LogP contribution is -2.58. The first-order chi connectivity index (χ1) is 18.4. The molecule has 39 heavy (non-hydrogen) atoms. The second-order valence-electron chi connectivity index (χ2n) is 9.57. The molecule has 8 N–H and O–H groups in total. The molecule has 3 amide bonds. The molecule has 4 unspecified atom stereocenters. The van der Waals surface area contributed by atoms with E-state index in [-0.39, 0.29) is 25.2 Å². The van der Waals surface area contributed by atoms with Crippen LogP contribution in [0.2, 0.25) is 0 Å². The second-order valence-corrected chi connectivity index (χ2v) is 10.6. The van der Waals surface area contributed by atoms with E-state index in [1.165, 1.54) is 11.8 Å². The molecule has 0 fully saturated rings. The number of carbonyl (C=O) groups excluding carboxylic acids is 3. The maximum Gasteiger partial charge on any atom is 0.326 e. The zero-order valence-corrected chi connectivity index (χ0v) is 23.0. The Kier molecular flexibility index (Phi) is 12.3. The number of hydrogen-bond acceptors (Lipinski definition) is 7. The van der Waals surface area contributed by atoms with Crippen LogP contribution >= 0.6 is 11.8 Å². The topological polar surface area (TPSA) is 204 Å². The number of fused-ring (bicyclic) bond motifs is 1. The van der Waals surface area contributed by atoms with Crippen LogP contribution in [0.25, 0.3) is 10.9 Å². The van der Waals surface area contributed by atoms with Gasteiger partial charge in [0.15, 0.2) is 0 Å². The summed E-state index contributed by atoms with van der Waals surface area (Å²) in [6, 6.07) is 2.84. The van der Waals surface area contributed by atoms with Crippen molar-refractivity contribution in [3.63, 3.8) is 0 Å². The number of nitrogens with one attached hydrogen (secondary N) is 4. The third kappa shape index (κ3) is 9.59. The van der Waals surface area contributed by atoms with E-state index in [2.05, 4.69) is 20.9 Å². The van der Waals surface area contributed by atoms with Crippen LogP contribution in [0.5, 0.6) is 0 Å². The molecule has 0 saturated heterocycles. The lowest BCUT2D eigenvalue weighted by Gasteiger charge is -2.25. The SMILES string of the molecule is CSCCC(NC(=O)C(CCC(=O)O)NC(=O)C(Cc1c[nH]c2ccccc12)NC(=O)C(N)C(C)C)C(=O)O.